The number of alkyl halides is 3. The number of Topliss-reactive ketones (excluding diaryl/α,β-unsaturated/α-hetero) is 1. The summed E-state index contributed by atoms with van der Waals surface area (Å²) in [7, 11) is -6.65. The molecular formula is C20H17F3N3O4S2+. The van der Waals surface area contributed by atoms with Crippen molar-refractivity contribution in [1.29, 1.82) is 5.26 Å². The summed E-state index contributed by atoms with van der Waals surface area (Å²) in [5.41, 5.74) is -5.60. The van der Waals surface area contributed by atoms with E-state index in [0.717, 1.165) is 12.8 Å². The van der Waals surface area contributed by atoms with Crippen LogP contribution >= 0.6 is 0 Å². The monoisotopic (exact) mass is 484 g/mol. The predicted octanol–water partition coefficient (Wildman–Crippen LogP) is 3.51. The van der Waals surface area contributed by atoms with E-state index in [1.165, 1.54) is 23.7 Å². The zero-order valence-corrected chi connectivity index (χ0v) is 18.4. The van der Waals surface area contributed by atoms with Crippen LogP contribution in [0.5, 0.6) is 5.75 Å². The van der Waals surface area contributed by atoms with Gasteiger partial charge in [0.05, 0.1) is 11.1 Å². The molecule has 7 nitrogen and oxygen atoms in total. The lowest BCUT2D eigenvalue weighted by molar-refractivity contribution is -0.0499. The van der Waals surface area contributed by atoms with E-state index in [0.29, 0.717) is 22.4 Å². The van der Waals surface area contributed by atoms with E-state index in [2.05, 4.69) is 9.28 Å². The number of pyridine rings is 1. The fourth-order valence-corrected chi connectivity index (χ4v) is 6.66. The average molecular weight is 485 g/mol. The maximum Gasteiger partial charge on any atom is 0.534 e. The molecule has 1 fully saturated rings. The first-order chi connectivity index (χ1) is 15.0. The van der Waals surface area contributed by atoms with Gasteiger partial charge < -0.3 is 4.18 Å². The van der Waals surface area contributed by atoms with Crippen molar-refractivity contribution >= 4 is 43.2 Å². The van der Waals surface area contributed by atoms with Crippen molar-refractivity contribution in [1.82, 2.24) is 9.61 Å². The summed E-state index contributed by atoms with van der Waals surface area (Å²) >= 11 is 0. The van der Waals surface area contributed by atoms with Crippen molar-refractivity contribution in [3.63, 3.8) is 0 Å². The number of rotatable bonds is 5. The third-order valence-electron chi connectivity index (χ3n) is 5.23. The predicted molar refractivity (Wildman–Crippen MR) is 113 cm³/mol. The Morgan fingerprint density at radius 1 is 1.28 bits per heavy atom. The first-order valence-electron chi connectivity index (χ1n) is 9.56. The highest BCUT2D eigenvalue weighted by atomic mass is 32.2. The Bertz CT molecular complexity index is 1370. The quantitative estimate of drug-likeness (QED) is 0.238. The lowest BCUT2D eigenvalue weighted by Crippen LogP contribution is -2.33. The minimum atomic E-state index is -6.09. The molecule has 1 aromatic carbocycles. The highest BCUT2D eigenvalue weighted by Crippen LogP contribution is 2.38. The molecule has 0 aliphatic carbocycles. The second kappa shape index (κ2) is 7.97. The molecule has 12 heteroatoms. The third kappa shape index (κ3) is 3.69. The number of carbonyl (C=O) groups is 1. The van der Waals surface area contributed by atoms with Gasteiger partial charge in [0.1, 0.15) is 23.1 Å². The molecule has 1 unspecified atom stereocenters. The molecular weight excluding hydrogens is 467 g/mol. The summed E-state index contributed by atoms with van der Waals surface area (Å²) in [5, 5.41) is 13.2. The van der Waals surface area contributed by atoms with Crippen LogP contribution in [0.2, 0.25) is 0 Å². The van der Waals surface area contributed by atoms with Gasteiger partial charge in [-0.25, -0.2) is 4.52 Å². The molecule has 2 aromatic heterocycles. The standard InChI is InChI=1S/C20H17F3N3O4S2/c1-12-11-26-17(13-6-2-3-7-14(13)25-26)19(30-32(28,29)20(21,22)23)16(12)18(27)15(10-24)31-8-4-5-9-31/h2-3,6-7,11,15H,4-5,8-9H2,1H3/q+1. The number of benzene rings is 1. The molecule has 168 valence electrons. The normalized spacial score (nSPS) is 16.3. The second-order valence-corrected chi connectivity index (χ2v) is 11.2. The van der Waals surface area contributed by atoms with Crippen LogP contribution in [-0.4, -0.2) is 46.1 Å². The van der Waals surface area contributed by atoms with E-state index in [9.17, 15) is 31.6 Å². The van der Waals surface area contributed by atoms with Crippen LogP contribution in [0.25, 0.3) is 16.4 Å². The number of aromatic nitrogens is 2. The highest BCUT2D eigenvalue weighted by Gasteiger charge is 2.50. The zero-order chi connectivity index (χ0) is 23.3. The maximum atomic E-state index is 13.4. The van der Waals surface area contributed by atoms with Crippen molar-refractivity contribution in [2.75, 3.05) is 11.5 Å². The SMILES string of the molecule is Cc1cn2nc3ccccc3c2c(OS(=O)(=O)C(F)(F)F)c1C(=O)C(C#N)[S+]1CCCC1. The molecule has 1 saturated heterocycles. The summed E-state index contributed by atoms with van der Waals surface area (Å²) in [6.45, 7) is 1.44. The summed E-state index contributed by atoms with van der Waals surface area (Å²) in [6.07, 6.45) is 3.12. The number of hydrogen-bond acceptors (Lipinski definition) is 6. The van der Waals surface area contributed by atoms with Gasteiger partial charge in [-0.05, 0) is 31.4 Å². The van der Waals surface area contributed by atoms with Crippen LogP contribution in [0, 0.1) is 18.3 Å². The average Bonchev–Trinajstić information content (AvgIpc) is 3.34. The van der Waals surface area contributed by atoms with Crippen molar-refractivity contribution in [3.05, 3.63) is 41.6 Å². The third-order valence-corrected chi connectivity index (χ3v) is 8.80. The van der Waals surface area contributed by atoms with E-state index in [4.69, 9.17) is 0 Å². The number of ketones is 1. The number of fused-ring (bicyclic) bond motifs is 3. The van der Waals surface area contributed by atoms with Gasteiger partial charge >= 0.3 is 15.6 Å². The first kappa shape index (κ1) is 22.4. The summed E-state index contributed by atoms with van der Waals surface area (Å²) in [6, 6.07) is 8.38. The number of hydrogen-bond donors (Lipinski definition) is 0. The number of nitrogens with zero attached hydrogens (tertiary/aromatic N) is 3. The van der Waals surface area contributed by atoms with Gasteiger partial charge in [-0.3, -0.25) is 4.79 Å². The van der Waals surface area contributed by atoms with Crippen LogP contribution in [0.4, 0.5) is 13.2 Å². The molecule has 0 spiro atoms. The number of carbonyl (C=O) groups excluding carboxylic acids is 1. The zero-order valence-electron chi connectivity index (χ0n) is 16.7. The van der Waals surface area contributed by atoms with Crippen LogP contribution < -0.4 is 4.18 Å². The summed E-state index contributed by atoms with van der Waals surface area (Å²) < 4.78 is 69.3. The molecule has 4 rings (SSSR count). The van der Waals surface area contributed by atoms with Gasteiger partial charge in [-0.1, -0.05) is 18.2 Å². The largest absolute Gasteiger partial charge is 0.534 e. The molecule has 3 heterocycles. The molecule has 0 radical (unpaired) electrons. The lowest BCUT2D eigenvalue weighted by Gasteiger charge is -2.17. The molecule has 0 bridgehead atoms. The molecule has 0 amide bonds. The Morgan fingerprint density at radius 2 is 1.94 bits per heavy atom. The lowest BCUT2D eigenvalue weighted by atomic mass is 10.0. The Kier molecular flexibility index (Phi) is 5.58. The van der Waals surface area contributed by atoms with Crippen LogP contribution in [0.15, 0.2) is 30.5 Å². The van der Waals surface area contributed by atoms with Gasteiger partial charge in [0.25, 0.3) is 5.25 Å². The number of nitriles is 1. The van der Waals surface area contributed by atoms with Crippen molar-refractivity contribution in [2.45, 2.75) is 30.5 Å². The number of aryl methyl sites for hydroxylation is 1. The summed E-state index contributed by atoms with van der Waals surface area (Å²) in [5.74, 6) is -0.171. The molecule has 1 aliphatic rings. The van der Waals surface area contributed by atoms with Gasteiger partial charge in [-0.15, -0.1) is 0 Å². The van der Waals surface area contributed by atoms with E-state index in [-0.39, 0.29) is 16.6 Å². The minimum absolute atomic E-state index is 0.0891. The molecule has 32 heavy (non-hydrogen) atoms. The van der Waals surface area contributed by atoms with E-state index < -0.39 is 43.3 Å². The van der Waals surface area contributed by atoms with E-state index in [1.807, 2.05) is 6.07 Å². The van der Waals surface area contributed by atoms with Crippen LogP contribution in [-0.2, 0) is 21.0 Å². The summed E-state index contributed by atoms with van der Waals surface area (Å²) in [4.78, 5) is 13.4. The molecule has 1 aliphatic heterocycles. The Labute approximate surface area is 184 Å². The van der Waals surface area contributed by atoms with Crippen molar-refractivity contribution in [2.24, 2.45) is 0 Å². The maximum absolute atomic E-state index is 13.4. The Morgan fingerprint density at radius 3 is 2.56 bits per heavy atom. The molecule has 0 saturated carbocycles. The van der Waals surface area contributed by atoms with E-state index in [1.54, 1.807) is 18.2 Å². The fourth-order valence-electron chi connectivity index (χ4n) is 3.79. The van der Waals surface area contributed by atoms with Crippen LogP contribution in [0.1, 0.15) is 28.8 Å². The number of halogens is 3. The van der Waals surface area contributed by atoms with Gasteiger partial charge in [0.15, 0.2) is 5.75 Å². The molecule has 3 aromatic rings. The van der Waals surface area contributed by atoms with Gasteiger partial charge in [-0.2, -0.15) is 31.9 Å². The van der Waals surface area contributed by atoms with Gasteiger partial charge in [0.2, 0.25) is 5.78 Å². The topological polar surface area (TPSA) is 102 Å². The van der Waals surface area contributed by atoms with Gasteiger partial charge in [0, 0.05) is 22.5 Å². The molecule has 0 N–H and O–H groups in total. The van der Waals surface area contributed by atoms with E-state index >= 15 is 0 Å². The Balaban J connectivity index is 2.01. The minimum Gasteiger partial charge on any atom is -0.373 e. The van der Waals surface area contributed by atoms with Crippen molar-refractivity contribution < 1.29 is 30.6 Å². The Hall–Kier alpha value is -2.78. The second-order valence-electron chi connectivity index (χ2n) is 7.34. The smallest absolute Gasteiger partial charge is 0.373 e. The van der Waals surface area contributed by atoms with Crippen molar-refractivity contribution in [3.8, 4) is 11.8 Å². The first-order valence-corrected chi connectivity index (χ1v) is 12.6. The highest BCUT2D eigenvalue weighted by molar-refractivity contribution is 7.98. The van der Waals surface area contributed by atoms with Crippen LogP contribution in [0.3, 0.4) is 0 Å². The fraction of sp³-hybridized carbons (Fsp3) is 0.350. The molecule has 1 atom stereocenters.